The van der Waals surface area contributed by atoms with Crippen LogP contribution in [0.3, 0.4) is 0 Å². The third kappa shape index (κ3) is 3.34. The average Bonchev–Trinajstić information content (AvgIpc) is 2.56. The van der Waals surface area contributed by atoms with Crippen LogP contribution in [0.5, 0.6) is 5.75 Å². The summed E-state index contributed by atoms with van der Waals surface area (Å²) in [5, 5.41) is 12.2. The molecule has 0 aliphatic carbocycles. The zero-order valence-corrected chi connectivity index (χ0v) is 15.6. The maximum absolute atomic E-state index is 13.0. The van der Waals surface area contributed by atoms with E-state index in [0.29, 0.717) is 11.3 Å². The second-order valence-electron chi connectivity index (χ2n) is 5.96. The van der Waals surface area contributed by atoms with Crippen LogP contribution in [-0.2, 0) is 9.59 Å². The van der Waals surface area contributed by atoms with Gasteiger partial charge in [-0.25, -0.2) is 0 Å². The molecule has 0 aromatic heterocycles. The van der Waals surface area contributed by atoms with Gasteiger partial charge in [-0.15, -0.1) is 0 Å². The van der Waals surface area contributed by atoms with Crippen LogP contribution in [0.4, 0.5) is 5.69 Å². The molecule has 0 atom stereocenters. The molecule has 0 bridgehead atoms. The Labute approximate surface area is 160 Å². The van der Waals surface area contributed by atoms with Gasteiger partial charge in [-0.2, -0.15) is 0 Å². The maximum Gasteiger partial charge on any atom is 0.270 e. The number of halogens is 1. The minimum Gasteiger partial charge on any atom is -0.506 e. The fourth-order valence-electron chi connectivity index (χ4n) is 2.71. The highest BCUT2D eigenvalue weighted by atomic mass is 35.5. The van der Waals surface area contributed by atoms with Crippen LogP contribution >= 0.6 is 23.8 Å². The summed E-state index contributed by atoms with van der Waals surface area (Å²) in [5.74, 6) is -1.17. The quantitative estimate of drug-likeness (QED) is 0.471. The number of hydrogen-bond donors (Lipinski definition) is 2. The van der Waals surface area contributed by atoms with E-state index in [4.69, 9.17) is 23.8 Å². The average molecular weight is 387 g/mol. The fraction of sp³-hybridized carbons (Fsp3) is 0.105. The van der Waals surface area contributed by atoms with Crippen molar-refractivity contribution in [3.63, 3.8) is 0 Å². The van der Waals surface area contributed by atoms with Crippen molar-refractivity contribution in [3.05, 3.63) is 63.7 Å². The molecular formula is C19H15ClN2O3S. The van der Waals surface area contributed by atoms with Crippen LogP contribution in [-0.4, -0.2) is 22.0 Å². The van der Waals surface area contributed by atoms with Crippen LogP contribution < -0.4 is 10.2 Å². The summed E-state index contributed by atoms with van der Waals surface area (Å²) in [4.78, 5) is 26.6. The first-order chi connectivity index (χ1) is 12.3. The van der Waals surface area contributed by atoms with Gasteiger partial charge in [0.05, 0.1) is 10.7 Å². The molecule has 0 radical (unpaired) electrons. The summed E-state index contributed by atoms with van der Waals surface area (Å²) in [6.45, 7) is 3.83. The van der Waals surface area contributed by atoms with Crippen LogP contribution in [0.2, 0.25) is 5.02 Å². The van der Waals surface area contributed by atoms with Crippen molar-refractivity contribution in [1.82, 2.24) is 5.32 Å². The molecule has 1 fully saturated rings. The fourth-order valence-corrected chi connectivity index (χ4v) is 3.18. The van der Waals surface area contributed by atoms with Gasteiger partial charge in [0.2, 0.25) is 0 Å². The monoisotopic (exact) mass is 386 g/mol. The number of amides is 2. The SMILES string of the molecule is Cc1ccc(N2C(=O)C(=Cc3ccc(O)c(Cl)c3)C(=O)NC2=S)c(C)c1. The first-order valence-corrected chi connectivity index (χ1v) is 8.54. The standard InChI is InChI=1S/C19H15ClN2O3S/c1-10-3-5-15(11(2)7-10)22-18(25)13(17(24)21-19(22)26)8-12-4-6-16(23)14(20)9-12/h3-9,23H,1-2H3,(H,21,24,26). The normalized spacial score (nSPS) is 16.2. The number of aryl methyl sites for hydroxylation is 2. The van der Waals surface area contributed by atoms with Gasteiger partial charge in [0.25, 0.3) is 11.8 Å². The number of benzene rings is 2. The van der Waals surface area contributed by atoms with Gasteiger partial charge in [-0.1, -0.05) is 35.4 Å². The minimum absolute atomic E-state index is 0.0350. The summed E-state index contributed by atoms with van der Waals surface area (Å²) in [7, 11) is 0. The van der Waals surface area contributed by atoms with Crippen molar-refractivity contribution in [3.8, 4) is 5.75 Å². The van der Waals surface area contributed by atoms with Crippen molar-refractivity contribution in [2.24, 2.45) is 0 Å². The van der Waals surface area contributed by atoms with Crippen molar-refractivity contribution < 1.29 is 14.7 Å². The number of aromatic hydroxyl groups is 1. The Hall–Kier alpha value is -2.70. The Morgan fingerprint density at radius 2 is 1.88 bits per heavy atom. The second kappa shape index (κ2) is 6.90. The summed E-state index contributed by atoms with van der Waals surface area (Å²) >= 11 is 11.1. The second-order valence-corrected chi connectivity index (χ2v) is 6.75. The molecule has 26 heavy (non-hydrogen) atoms. The number of thiocarbonyl (C=S) groups is 1. The highest BCUT2D eigenvalue weighted by Crippen LogP contribution is 2.28. The predicted molar refractivity (Wildman–Crippen MR) is 105 cm³/mol. The van der Waals surface area contributed by atoms with Crippen molar-refractivity contribution >= 4 is 52.5 Å². The molecule has 2 N–H and O–H groups in total. The minimum atomic E-state index is -0.579. The molecule has 1 heterocycles. The van der Waals surface area contributed by atoms with Crippen molar-refractivity contribution in [2.75, 3.05) is 4.90 Å². The Bertz CT molecular complexity index is 985. The van der Waals surface area contributed by atoms with E-state index in [1.54, 1.807) is 12.1 Å². The molecule has 1 aliphatic heterocycles. The molecular weight excluding hydrogens is 372 g/mol. The molecule has 132 valence electrons. The van der Waals surface area contributed by atoms with E-state index in [-0.39, 0.29) is 21.5 Å². The molecule has 0 spiro atoms. The van der Waals surface area contributed by atoms with Gasteiger partial charge in [0.1, 0.15) is 11.3 Å². The predicted octanol–water partition coefficient (Wildman–Crippen LogP) is 3.49. The summed E-state index contributed by atoms with van der Waals surface area (Å²) in [6, 6.07) is 10.0. The molecule has 7 heteroatoms. The van der Waals surface area contributed by atoms with Crippen molar-refractivity contribution in [1.29, 1.82) is 0 Å². The Balaban J connectivity index is 2.05. The van der Waals surface area contributed by atoms with Crippen LogP contribution in [0.15, 0.2) is 42.0 Å². The molecule has 2 aromatic rings. The smallest absolute Gasteiger partial charge is 0.270 e. The Kier molecular flexibility index (Phi) is 4.80. The van der Waals surface area contributed by atoms with Crippen LogP contribution in [0, 0.1) is 13.8 Å². The first-order valence-electron chi connectivity index (χ1n) is 7.75. The van der Waals surface area contributed by atoms with E-state index >= 15 is 0 Å². The molecule has 0 saturated carbocycles. The van der Waals surface area contributed by atoms with E-state index in [2.05, 4.69) is 5.32 Å². The number of nitrogens with one attached hydrogen (secondary N) is 1. The van der Waals surface area contributed by atoms with Crippen LogP contribution in [0.25, 0.3) is 6.08 Å². The zero-order valence-electron chi connectivity index (χ0n) is 14.0. The number of hydrogen-bond acceptors (Lipinski definition) is 4. The number of carbonyl (C=O) groups is 2. The number of nitrogens with zero attached hydrogens (tertiary/aromatic N) is 1. The molecule has 5 nitrogen and oxygen atoms in total. The number of carbonyl (C=O) groups excluding carboxylic acids is 2. The highest BCUT2D eigenvalue weighted by Gasteiger charge is 2.35. The van der Waals surface area contributed by atoms with Gasteiger partial charge in [0, 0.05) is 0 Å². The lowest BCUT2D eigenvalue weighted by Gasteiger charge is -2.30. The van der Waals surface area contributed by atoms with Gasteiger partial charge >= 0.3 is 0 Å². The molecule has 2 amide bonds. The zero-order chi connectivity index (χ0) is 19.0. The number of anilines is 1. The van der Waals surface area contributed by atoms with Gasteiger partial charge in [-0.3, -0.25) is 19.8 Å². The summed E-state index contributed by atoms with van der Waals surface area (Å²) < 4.78 is 0. The third-order valence-electron chi connectivity index (χ3n) is 3.98. The van der Waals surface area contributed by atoms with E-state index in [1.165, 1.54) is 23.1 Å². The highest BCUT2D eigenvalue weighted by molar-refractivity contribution is 7.80. The topological polar surface area (TPSA) is 69.6 Å². The van der Waals surface area contributed by atoms with Crippen molar-refractivity contribution in [2.45, 2.75) is 13.8 Å². The number of rotatable bonds is 2. The Morgan fingerprint density at radius 1 is 1.15 bits per heavy atom. The van der Waals surface area contributed by atoms with Crippen LogP contribution in [0.1, 0.15) is 16.7 Å². The first kappa shape index (κ1) is 18.1. The van der Waals surface area contributed by atoms with E-state index in [0.717, 1.165) is 11.1 Å². The van der Waals surface area contributed by atoms with Gasteiger partial charge in [-0.05, 0) is 61.5 Å². The Morgan fingerprint density at radius 3 is 2.54 bits per heavy atom. The lowest BCUT2D eigenvalue weighted by atomic mass is 10.0. The summed E-state index contributed by atoms with van der Waals surface area (Å²) in [5.41, 5.74) is 2.98. The maximum atomic E-state index is 13.0. The van der Waals surface area contributed by atoms with Gasteiger partial charge < -0.3 is 5.11 Å². The molecule has 2 aromatic carbocycles. The molecule has 1 aliphatic rings. The number of phenols is 1. The van der Waals surface area contributed by atoms with E-state index in [1.807, 2.05) is 26.0 Å². The van der Waals surface area contributed by atoms with Gasteiger partial charge in [0.15, 0.2) is 5.11 Å². The molecule has 1 saturated heterocycles. The van der Waals surface area contributed by atoms with E-state index < -0.39 is 11.8 Å². The molecule has 0 unspecified atom stereocenters. The third-order valence-corrected chi connectivity index (χ3v) is 4.56. The lowest BCUT2D eigenvalue weighted by Crippen LogP contribution is -2.54. The largest absolute Gasteiger partial charge is 0.506 e. The number of phenolic OH excluding ortho intramolecular Hbond substituents is 1. The lowest BCUT2D eigenvalue weighted by molar-refractivity contribution is -0.122. The summed E-state index contributed by atoms with van der Waals surface area (Å²) in [6.07, 6.45) is 1.42. The van der Waals surface area contributed by atoms with E-state index in [9.17, 15) is 14.7 Å². The molecule has 3 rings (SSSR count).